The predicted molar refractivity (Wildman–Crippen MR) is 106 cm³/mol. The molecule has 3 aromatic rings. The minimum Gasteiger partial charge on any atom is -0.493 e. The number of nitrogens with zero attached hydrogens (tertiary/aromatic N) is 4. The third kappa shape index (κ3) is 4.04. The predicted octanol–water partition coefficient (Wildman–Crippen LogP) is 3.80. The van der Waals surface area contributed by atoms with Crippen LogP contribution in [0.15, 0.2) is 60.8 Å². The molecule has 0 N–H and O–H groups in total. The molecule has 0 unspecified atom stereocenters. The molecule has 28 heavy (non-hydrogen) atoms. The summed E-state index contributed by atoms with van der Waals surface area (Å²) in [5.41, 5.74) is 2.66. The number of rotatable bonds is 6. The number of hydrogen-bond acceptors (Lipinski definition) is 4. The minimum absolute atomic E-state index is 0.0327. The molecule has 0 atom stereocenters. The van der Waals surface area contributed by atoms with Crippen LogP contribution in [0.5, 0.6) is 5.75 Å². The van der Waals surface area contributed by atoms with E-state index in [9.17, 15) is 4.79 Å². The molecule has 3 rings (SSSR count). The largest absolute Gasteiger partial charge is 0.493 e. The quantitative estimate of drug-likeness (QED) is 0.658. The van der Waals surface area contributed by atoms with Crippen molar-refractivity contribution in [3.05, 3.63) is 77.6 Å². The fourth-order valence-electron chi connectivity index (χ4n) is 2.87. The molecular formula is C22H22N4O2. The summed E-state index contributed by atoms with van der Waals surface area (Å²) in [5.74, 6) is 0.227. The number of benzene rings is 2. The van der Waals surface area contributed by atoms with Gasteiger partial charge in [-0.25, -0.2) is 4.68 Å². The molecule has 2 aromatic carbocycles. The number of hydrogen-bond donors (Lipinski definition) is 0. The molecule has 0 spiro atoms. The molecule has 6 heteroatoms. The van der Waals surface area contributed by atoms with Gasteiger partial charge in [0.1, 0.15) is 0 Å². The van der Waals surface area contributed by atoms with E-state index in [0.29, 0.717) is 17.9 Å². The van der Waals surface area contributed by atoms with E-state index in [-0.39, 0.29) is 17.6 Å². The molecule has 0 aliphatic carbocycles. The summed E-state index contributed by atoms with van der Waals surface area (Å²) in [6.07, 6.45) is 1.71. The lowest BCUT2D eigenvalue weighted by Crippen LogP contribution is -2.36. The molecule has 1 amide bonds. The third-order valence-electron chi connectivity index (χ3n) is 4.44. The highest BCUT2D eigenvalue weighted by atomic mass is 16.5. The molecule has 0 saturated heterocycles. The first-order valence-corrected chi connectivity index (χ1v) is 9.02. The Morgan fingerprint density at radius 2 is 1.86 bits per heavy atom. The van der Waals surface area contributed by atoms with E-state index < -0.39 is 0 Å². The van der Waals surface area contributed by atoms with Gasteiger partial charge in [-0.3, -0.25) is 4.79 Å². The van der Waals surface area contributed by atoms with Crippen LogP contribution in [0.1, 0.15) is 35.5 Å². The molecule has 1 aromatic heterocycles. The van der Waals surface area contributed by atoms with Crippen molar-refractivity contribution >= 4 is 5.91 Å². The molecular weight excluding hydrogens is 352 g/mol. The number of carbonyl (C=O) groups is 1. The number of amides is 1. The van der Waals surface area contributed by atoms with Crippen molar-refractivity contribution in [3.8, 4) is 17.5 Å². The summed E-state index contributed by atoms with van der Waals surface area (Å²) < 4.78 is 7.06. The average molecular weight is 374 g/mol. The Kier molecular flexibility index (Phi) is 5.75. The van der Waals surface area contributed by atoms with Gasteiger partial charge in [0, 0.05) is 12.6 Å². The van der Waals surface area contributed by atoms with Crippen molar-refractivity contribution in [2.75, 3.05) is 7.11 Å². The van der Waals surface area contributed by atoms with Crippen molar-refractivity contribution in [2.45, 2.75) is 26.4 Å². The Morgan fingerprint density at radius 1 is 1.18 bits per heavy atom. The smallest absolute Gasteiger partial charge is 0.278 e. The van der Waals surface area contributed by atoms with Crippen LogP contribution in [0, 0.1) is 11.3 Å². The number of para-hydroxylation sites is 1. The highest BCUT2D eigenvalue weighted by Gasteiger charge is 2.26. The van der Waals surface area contributed by atoms with Gasteiger partial charge in [-0.2, -0.15) is 10.4 Å². The fourth-order valence-corrected chi connectivity index (χ4v) is 2.87. The van der Waals surface area contributed by atoms with Gasteiger partial charge < -0.3 is 9.64 Å². The topological polar surface area (TPSA) is 71.2 Å². The molecule has 1 heterocycles. The first-order chi connectivity index (χ1) is 13.5. The molecule has 142 valence electrons. The Morgan fingerprint density at radius 3 is 2.43 bits per heavy atom. The van der Waals surface area contributed by atoms with Crippen LogP contribution in [0.3, 0.4) is 0 Å². The molecule has 0 aliphatic heterocycles. The maximum Gasteiger partial charge on any atom is 0.278 e. The number of carbonyl (C=O) groups excluding carboxylic acids is 1. The highest BCUT2D eigenvalue weighted by molar-refractivity contribution is 5.95. The summed E-state index contributed by atoms with van der Waals surface area (Å²) >= 11 is 0. The third-order valence-corrected chi connectivity index (χ3v) is 4.44. The Bertz CT molecular complexity index is 986. The molecule has 0 aliphatic rings. The zero-order valence-electron chi connectivity index (χ0n) is 16.2. The normalized spacial score (nSPS) is 10.5. The monoisotopic (exact) mass is 374 g/mol. The van der Waals surface area contributed by atoms with Gasteiger partial charge in [-0.1, -0.05) is 30.3 Å². The molecule has 0 fully saturated rings. The van der Waals surface area contributed by atoms with E-state index in [1.807, 2.05) is 56.3 Å². The summed E-state index contributed by atoms with van der Waals surface area (Å²) in [4.78, 5) is 15.0. The first kappa shape index (κ1) is 19.2. The zero-order valence-corrected chi connectivity index (χ0v) is 16.2. The van der Waals surface area contributed by atoms with Crippen molar-refractivity contribution in [1.82, 2.24) is 14.7 Å². The number of nitriles is 1. The van der Waals surface area contributed by atoms with Gasteiger partial charge in [0.15, 0.2) is 11.4 Å². The highest BCUT2D eigenvalue weighted by Crippen LogP contribution is 2.23. The maximum atomic E-state index is 13.3. The lowest BCUT2D eigenvalue weighted by atomic mass is 10.1. The summed E-state index contributed by atoms with van der Waals surface area (Å²) in [6.45, 7) is 4.34. The summed E-state index contributed by atoms with van der Waals surface area (Å²) in [6, 6.07) is 18.9. The number of methoxy groups -OCH3 is 1. The first-order valence-electron chi connectivity index (χ1n) is 9.02. The van der Waals surface area contributed by atoms with Crippen LogP contribution in [0.25, 0.3) is 5.69 Å². The molecule has 0 bridgehead atoms. The van der Waals surface area contributed by atoms with Gasteiger partial charge >= 0.3 is 0 Å². The Hall–Kier alpha value is -3.59. The van der Waals surface area contributed by atoms with Crippen LogP contribution < -0.4 is 4.74 Å². The zero-order chi connectivity index (χ0) is 20.1. The second kappa shape index (κ2) is 8.40. The summed E-state index contributed by atoms with van der Waals surface area (Å²) in [7, 11) is 1.53. The Balaban J connectivity index is 1.90. The average Bonchev–Trinajstić information content (AvgIpc) is 3.17. The van der Waals surface area contributed by atoms with E-state index in [0.717, 1.165) is 11.3 Å². The van der Waals surface area contributed by atoms with E-state index in [1.54, 1.807) is 27.9 Å². The lowest BCUT2D eigenvalue weighted by molar-refractivity contribution is 0.0680. The van der Waals surface area contributed by atoms with Crippen LogP contribution in [0.2, 0.25) is 0 Å². The SMILES string of the molecule is COc1cn(-c2ccccc2)nc1C(=O)N(Cc1ccc(C#N)cc1)C(C)C. The van der Waals surface area contributed by atoms with Gasteiger partial charge in [0.25, 0.3) is 5.91 Å². The molecule has 0 saturated carbocycles. The van der Waals surface area contributed by atoms with Crippen molar-refractivity contribution < 1.29 is 9.53 Å². The van der Waals surface area contributed by atoms with Crippen molar-refractivity contribution in [3.63, 3.8) is 0 Å². The molecule has 0 radical (unpaired) electrons. The second-order valence-electron chi connectivity index (χ2n) is 6.66. The number of ether oxygens (including phenoxy) is 1. The fraction of sp³-hybridized carbons (Fsp3) is 0.227. The lowest BCUT2D eigenvalue weighted by Gasteiger charge is -2.26. The van der Waals surface area contributed by atoms with Gasteiger partial charge in [-0.05, 0) is 43.7 Å². The molecule has 6 nitrogen and oxygen atoms in total. The minimum atomic E-state index is -0.203. The van der Waals surface area contributed by atoms with E-state index in [4.69, 9.17) is 10.00 Å². The Labute approximate surface area is 164 Å². The number of aromatic nitrogens is 2. The summed E-state index contributed by atoms with van der Waals surface area (Å²) in [5, 5.41) is 13.4. The van der Waals surface area contributed by atoms with Gasteiger partial charge in [0.2, 0.25) is 0 Å². The second-order valence-corrected chi connectivity index (χ2v) is 6.66. The van der Waals surface area contributed by atoms with Crippen molar-refractivity contribution in [1.29, 1.82) is 5.26 Å². The standard InChI is InChI=1S/C22H22N4O2/c1-16(2)25(14-18-11-9-17(13-23)10-12-18)22(27)21-20(28-3)15-26(24-21)19-7-5-4-6-8-19/h4-12,15-16H,14H2,1-3H3. The van der Waals surface area contributed by atoms with E-state index in [1.165, 1.54) is 7.11 Å². The van der Waals surface area contributed by atoms with E-state index >= 15 is 0 Å². The van der Waals surface area contributed by atoms with Gasteiger partial charge in [0.05, 0.1) is 30.6 Å². The van der Waals surface area contributed by atoms with Crippen molar-refractivity contribution in [2.24, 2.45) is 0 Å². The van der Waals surface area contributed by atoms with Gasteiger partial charge in [-0.15, -0.1) is 0 Å². The van der Waals surface area contributed by atoms with Crippen LogP contribution in [-0.4, -0.2) is 33.7 Å². The van der Waals surface area contributed by atoms with Crippen LogP contribution in [0.4, 0.5) is 0 Å². The van der Waals surface area contributed by atoms with Crippen LogP contribution >= 0.6 is 0 Å². The van der Waals surface area contributed by atoms with E-state index in [2.05, 4.69) is 11.2 Å². The maximum absolute atomic E-state index is 13.3. The van der Waals surface area contributed by atoms with Crippen LogP contribution in [-0.2, 0) is 6.54 Å².